The minimum absolute atomic E-state index is 0.535. The third kappa shape index (κ3) is 1.17. The number of hydrogen-bond acceptors (Lipinski definition) is 1. The maximum absolute atomic E-state index is 12.4. The minimum atomic E-state index is -1.42. The van der Waals surface area contributed by atoms with Crippen LogP contribution in [0.4, 0.5) is 13.2 Å². The number of pyridine rings is 1. The lowest BCUT2D eigenvalue weighted by atomic mass is 10.2. The molecule has 11 heavy (non-hydrogen) atoms. The average molecular weight is 157 g/mol. The van der Waals surface area contributed by atoms with E-state index >= 15 is 0 Å². The lowest BCUT2D eigenvalue weighted by molar-refractivity contribution is 0.461. The average Bonchev–Trinajstić information content (AvgIpc) is 1.99. The lowest BCUT2D eigenvalue weighted by Gasteiger charge is -1.95. The molecule has 56 valence electrons. The molecule has 0 unspecified atom stereocenters. The summed E-state index contributed by atoms with van der Waals surface area (Å²) in [4.78, 5) is 2.77. The molecule has 0 bridgehead atoms. The van der Waals surface area contributed by atoms with Crippen LogP contribution in [-0.4, -0.2) is 4.98 Å². The second kappa shape index (κ2) is 2.62. The monoisotopic (exact) mass is 157 g/mol. The van der Waals surface area contributed by atoms with Gasteiger partial charge in [0.1, 0.15) is 5.56 Å². The zero-order chi connectivity index (χ0) is 8.43. The number of halogens is 3. The Hall–Kier alpha value is -1.50. The van der Waals surface area contributed by atoms with Gasteiger partial charge in [-0.25, -0.2) is 13.8 Å². The Morgan fingerprint density at radius 1 is 1.36 bits per heavy atom. The molecule has 0 aliphatic rings. The van der Waals surface area contributed by atoms with E-state index in [0.29, 0.717) is 6.20 Å². The summed E-state index contributed by atoms with van der Waals surface area (Å²) in [5, 5.41) is 0. The topological polar surface area (TPSA) is 12.9 Å². The number of hydrogen-bond donors (Lipinski definition) is 0. The van der Waals surface area contributed by atoms with Gasteiger partial charge in [0.15, 0.2) is 11.6 Å². The van der Waals surface area contributed by atoms with Crippen LogP contribution in [0.3, 0.4) is 0 Å². The van der Waals surface area contributed by atoms with E-state index in [9.17, 15) is 13.2 Å². The normalized spacial score (nSPS) is 9.27. The van der Waals surface area contributed by atoms with Crippen molar-refractivity contribution in [3.8, 4) is 12.3 Å². The predicted octanol–water partition coefficient (Wildman–Crippen LogP) is 1.48. The fourth-order valence-corrected chi connectivity index (χ4v) is 0.575. The van der Waals surface area contributed by atoms with Gasteiger partial charge in [-0.15, -0.1) is 6.42 Å². The van der Waals surface area contributed by atoms with E-state index in [1.807, 2.05) is 0 Å². The van der Waals surface area contributed by atoms with Gasteiger partial charge in [-0.1, -0.05) is 5.92 Å². The molecule has 0 atom stereocenters. The Morgan fingerprint density at radius 3 is 2.45 bits per heavy atom. The maximum atomic E-state index is 12.4. The summed E-state index contributed by atoms with van der Waals surface area (Å²) in [6, 6.07) is 0. The van der Waals surface area contributed by atoms with Crippen LogP contribution in [0.15, 0.2) is 6.20 Å². The van der Waals surface area contributed by atoms with Gasteiger partial charge in [-0.2, -0.15) is 4.39 Å². The molecule has 0 spiro atoms. The van der Waals surface area contributed by atoms with E-state index in [1.54, 1.807) is 5.92 Å². The highest BCUT2D eigenvalue weighted by molar-refractivity contribution is 5.32. The van der Waals surface area contributed by atoms with E-state index in [2.05, 4.69) is 4.98 Å². The quantitative estimate of drug-likeness (QED) is 0.410. The van der Waals surface area contributed by atoms with Crippen LogP contribution in [-0.2, 0) is 0 Å². The Labute approximate surface area is 60.9 Å². The molecule has 1 aromatic heterocycles. The fraction of sp³-hybridized carbons (Fsp3) is 0. The molecule has 0 aliphatic heterocycles. The number of terminal acetylenes is 1. The smallest absolute Gasteiger partial charge is 0.223 e. The molecule has 0 aliphatic carbocycles. The summed E-state index contributed by atoms with van der Waals surface area (Å²) >= 11 is 0. The summed E-state index contributed by atoms with van der Waals surface area (Å²) in [6.07, 6.45) is 5.23. The van der Waals surface area contributed by atoms with Gasteiger partial charge in [0.2, 0.25) is 5.95 Å². The SMILES string of the molecule is C#Cc1c(F)cnc(F)c1F. The highest BCUT2D eigenvalue weighted by atomic mass is 19.2. The Balaban J connectivity index is 3.44. The first kappa shape index (κ1) is 7.61. The highest BCUT2D eigenvalue weighted by Gasteiger charge is 2.12. The van der Waals surface area contributed by atoms with Crippen molar-refractivity contribution in [1.82, 2.24) is 4.98 Å². The second-order valence-electron chi connectivity index (χ2n) is 1.73. The van der Waals surface area contributed by atoms with E-state index in [4.69, 9.17) is 6.42 Å². The van der Waals surface area contributed by atoms with Gasteiger partial charge < -0.3 is 0 Å². The molecule has 0 aromatic carbocycles. The van der Waals surface area contributed by atoms with Crippen LogP contribution < -0.4 is 0 Å². The summed E-state index contributed by atoms with van der Waals surface area (Å²) in [5.74, 6) is -2.17. The Kier molecular flexibility index (Phi) is 1.81. The third-order valence-electron chi connectivity index (χ3n) is 1.08. The van der Waals surface area contributed by atoms with Crippen LogP contribution >= 0.6 is 0 Å². The van der Waals surface area contributed by atoms with Crippen molar-refractivity contribution in [3.63, 3.8) is 0 Å². The molecule has 0 radical (unpaired) electrons. The first-order valence-electron chi connectivity index (χ1n) is 2.63. The van der Waals surface area contributed by atoms with Crippen LogP contribution in [0.1, 0.15) is 5.56 Å². The summed E-state index contributed by atoms with van der Waals surface area (Å²) in [6.45, 7) is 0. The van der Waals surface area contributed by atoms with Gasteiger partial charge in [0.25, 0.3) is 0 Å². The van der Waals surface area contributed by atoms with Crippen LogP contribution in [0.5, 0.6) is 0 Å². The zero-order valence-electron chi connectivity index (χ0n) is 5.24. The summed E-state index contributed by atoms with van der Waals surface area (Å²) < 4.78 is 37.1. The van der Waals surface area contributed by atoms with Gasteiger partial charge in [0.05, 0.1) is 6.20 Å². The van der Waals surface area contributed by atoms with Gasteiger partial charge in [0, 0.05) is 0 Å². The van der Waals surface area contributed by atoms with Gasteiger partial charge in [-0.05, 0) is 0 Å². The van der Waals surface area contributed by atoms with E-state index in [0.717, 1.165) is 0 Å². The second-order valence-corrected chi connectivity index (χ2v) is 1.73. The molecule has 1 aromatic rings. The molecule has 1 rings (SSSR count). The molecular formula is C7H2F3N. The van der Waals surface area contributed by atoms with Crippen LogP contribution in [0, 0.1) is 29.9 Å². The predicted molar refractivity (Wildman–Crippen MR) is 32.0 cm³/mol. The minimum Gasteiger partial charge on any atom is -0.223 e. The molecule has 1 heterocycles. The first-order valence-corrected chi connectivity index (χ1v) is 2.63. The molecule has 0 saturated carbocycles. The van der Waals surface area contributed by atoms with Crippen molar-refractivity contribution >= 4 is 0 Å². The van der Waals surface area contributed by atoms with Crippen molar-refractivity contribution < 1.29 is 13.2 Å². The first-order chi connectivity index (χ1) is 5.16. The molecule has 0 N–H and O–H groups in total. The molecule has 0 saturated heterocycles. The molecule has 0 fully saturated rings. The molecular weight excluding hydrogens is 155 g/mol. The van der Waals surface area contributed by atoms with Crippen molar-refractivity contribution in [2.75, 3.05) is 0 Å². The summed E-state index contributed by atoms with van der Waals surface area (Å²) in [5.41, 5.74) is -0.725. The van der Waals surface area contributed by atoms with Crippen molar-refractivity contribution in [1.29, 1.82) is 0 Å². The number of rotatable bonds is 0. The largest absolute Gasteiger partial charge is 0.250 e. The van der Waals surface area contributed by atoms with Crippen molar-refractivity contribution in [2.24, 2.45) is 0 Å². The molecule has 0 amide bonds. The molecule has 4 heteroatoms. The zero-order valence-corrected chi connectivity index (χ0v) is 5.24. The van der Waals surface area contributed by atoms with Crippen LogP contribution in [0.2, 0.25) is 0 Å². The summed E-state index contributed by atoms with van der Waals surface area (Å²) in [7, 11) is 0. The van der Waals surface area contributed by atoms with Gasteiger partial charge >= 0.3 is 0 Å². The number of nitrogens with zero attached hydrogens (tertiary/aromatic N) is 1. The number of aromatic nitrogens is 1. The van der Waals surface area contributed by atoms with Crippen molar-refractivity contribution in [3.05, 3.63) is 29.3 Å². The van der Waals surface area contributed by atoms with E-state index in [-0.39, 0.29) is 0 Å². The Bertz CT molecular complexity index is 327. The third-order valence-corrected chi connectivity index (χ3v) is 1.08. The van der Waals surface area contributed by atoms with E-state index in [1.165, 1.54) is 0 Å². The Morgan fingerprint density at radius 2 is 2.00 bits per heavy atom. The standard InChI is InChI=1S/C7H2F3N/c1-2-4-5(8)3-11-7(10)6(4)9/h1,3H. The maximum Gasteiger partial charge on any atom is 0.250 e. The fourth-order valence-electron chi connectivity index (χ4n) is 0.575. The van der Waals surface area contributed by atoms with Crippen molar-refractivity contribution in [2.45, 2.75) is 0 Å². The lowest BCUT2D eigenvalue weighted by Crippen LogP contribution is -1.97. The highest BCUT2D eigenvalue weighted by Crippen LogP contribution is 2.11. The van der Waals surface area contributed by atoms with E-state index < -0.39 is 23.1 Å². The van der Waals surface area contributed by atoms with Gasteiger partial charge in [-0.3, -0.25) is 0 Å². The molecule has 1 nitrogen and oxygen atoms in total. The van der Waals surface area contributed by atoms with Crippen LogP contribution in [0.25, 0.3) is 0 Å².